The van der Waals surface area contributed by atoms with E-state index in [2.05, 4.69) is 17.2 Å². The average Bonchev–Trinajstić information content (AvgIpc) is 2.38. The van der Waals surface area contributed by atoms with Crippen LogP contribution in [0.3, 0.4) is 0 Å². The number of aryl methyl sites for hydroxylation is 1. The summed E-state index contributed by atoms with van der Waals surface area (Å²) < 4.78 is 1.90. The van der Waals surface area contributed by atoms with Crippen molar-refractivity contribution >= 4 is 6.21 Å². The summed E-state index contributed by atoms with van der Waals surface area (Å²) in [4.78, 5) is 0. The molecule has 4 heteroatoms. The van der Waals surface area contributed by atoms with Crippen LogP contribution in [-0.4, -0.2) is 21.2 Å². The van der Waals surface area contributed by atoms with Crippen molar-refractivity contribution in [2.75, 3.05) is 0 Å². The standard InChI is InChI=1S/C8H13N3O/c1-3-4-11-7(2)8(5-9-11)6-10-12/h5-6,12H,3-4H2,1-2H3. The molecule has 1 aromatic heterocycles. The summed E-state index contributed by atoms with van der Waals surface area (Å²) in [6.07, 6.45) is 4.15. The fourth-order valence-corrected chi connectivity index (χ4v) is 1.09. The zero-order valence-corrected chi connectivity index (χ0v) is 7.36. The third-order valence-corrected chi connectivity index (χ3v) is 1.77. The van der Waals surface area contributed by atoms with E-state index in [1.54, 1.807) is 6.20 Å². The second kappa shape index (κ2) is 3.90. The van der Waals surface area contributed by atoms with Crippen LogP contribution in [0.5, 0.6) is 0 Å². The molecule has 0 fully saturated rings. The highest BCUT2D eigenvalue weighted by Gasteiger charge is 2.02. The maximum Gasteiger partial charge on any atom is 0.0768 e. The third kappa shape index (κ3) is 1.64. The van der Waals surface area contributed by atoms with Crippen LogP contribution in [0.25, 0.3) is 0 Å². The molecule has 0 aliphatic rings. The molecule has 1 aromatic rings. The summed E-state index contributed by atoms with van der Waals surface area (Å²) in [6.45, 7) is 4.96. The van der Waals surface area contributed by atoms with Crippen molar-refractivity contribution < 1.29 is 5.21 Å². The number of rotatable bonds is 3. The highest BCUT2D eigenvalue weighted by atomic mass is 16.4. The minimum atomic E-state index is 0.867. The molecule has 4 nitrogen and oxygen atoms in total. The largest absolute Gasteiger partial charge is 0.411 e. The normalized spacial score (nSPS) is 11.2. The van der Waals surface area contributed by atoms with Crippen LogP contribution >= 0.6 is 0 Å². The van der Waals surface area contributed by atoms with E-state index in [9.17, 15) is 0 Å². The highest BCUT2D eigenvalue weighted by Crippen LogP contribution is 2.04. The molecule has 0 spiro atoms. The first-order valence-electron chi connectivity index (χ1n) is 3.99. The topological polar surface area (TPSA) is 50.4 Å². The van der Waals surface area contributed by atoms with Gasteiger partial charge in [-0.15, -0.1) is 0 Å². The van der Waals surface area contributed by atoms with Gasteiger partial charge in [0.2, 0.25) is 0 Å². The molecule has 0 saturated carbocycles. The van der Waals surface area contributed by atoms with Crippen LogP contribution in [0.2, 0.25) is 0 Å². The molecule has 66 valence electrons. The van der Waals surface area contributed by atoms with Crippen LogP contribution in [0, 0.1) is 6.92 Å². The lowest BCUT2D eigenvalue weighted by molar-refractivity contribution is 0.322. The van der Waals surface area contributed by atoms with Gasteiger partial charge in [0.1, 0.15) is 0 Å². The van der Waals surface area contributed by atoms with Gasteiger partial charge in [-0.05, 0) is 13.3 Å². The molecule has 0 radical (unpaired) electrons. The van der Waals surface area contributed by atoms with Crippen molar-refractivity contribution in [3.8, 4) is 0 Å². The zero-order chi connectivity index (χ0) is 8.97. The Morgan fingerprint density at radius 2 is 2.50 bits per heavy atom. The third-order valence-electron chi connectivity index (χ3n) is 1.77. The molecule has 0 aliphatic carbocycles. The molecule has 12 heavy (non-hydrogen) atoms. The lowest BCUT2D eigenvalue weighted by Gasteiger charge is -2.00. The minimum absolute atomic E-state index is 0.867. The fraction of sp³-hybridized carbons (Fsp3) is 0.500. The maximum absolute atomic E-state index is 8.32. The van der Waals surface area contributed by atoms with Crippen molar-refractivity contribution in [2.24, 2.45) is 5.16 Å². The van der Waals surface area contributed by atoms with E-state index in [1.165, 1.54) is 6.21 Å². The van der Waals surface area contributed by atoms with Gasteiger partial charge in [-0.25, -0.2) is 0 Å². The van der Waals surface area contributed by atoms with Crippen LogP contribution in [0.15, 0.2) is 11.4 Å². The van der Waals surface area contributed by atoms with E-state index in [0.717, 1.165) is 24.2 Å². The number of oxime groups is 1. The van der Waals surface area contributed by atoms with Crippen molar-refractivity contribution in [1.29, 1.82) is 0 Å². The van der Waals surface area contributed by atoms with Gasteiger partial charge in [0, 0.05) is 17.8 Å². The number of hydrogen-bond donors (Lipinski definition) is 1. The number of nitrogens with zero attached hydrogens (tertiary/aromatic N) is 3. The van der Waals surface area contributed by atoms with Crippen molar-refractivity contribution in [1.82, 2.24) is 9.78 Å². The van der Waals surface area contributed by atoms with Crippen LogP contribution < -0.4 is 0 Å². The first kappa shape index (κ1) is 8.77. The Morgan fingerprint density at radius 3 is 3.08 bits per heavy atom. The monoisotopic (exact) mass is 167 g/mol. The summed E-state index contributed by atoms with van der Waals surface area (Å²) in [5, 5.41) is 15.4. The van der Waals surface area contributed by atoms with Crippen molar-refractivity contribution in [2.45, 2.75) is 26.8 Å². The lowest BCUT2D eigenvalue weighted by atomic mass is 10.3. The Labute approximate surface area is 71.5 Å². The van der Waals surface area contributed by atoms with Crippen LogP contribution in [0.1, 0.15) is 24.6 Å². The molecule has 1 rings (SSSR count). The molecule has 0 aromatic carbocycles. The Kier molecular flexibility index (Phi) is 2.85. The highest BCUT2D eigenvalue weighted by molar-refractivity contribution is 5.79. The van der Waals surface area contributed by atoms with Gasteiger partial charge in [0.05, 0.1) is 12.4 Å². The summed E-state index contributed by atoms with van der Waals surface area (Å²) >= 11 is 0. The molecule has 0 amide bonds. The number of aromatic nitrogens is 2. The molecular weight excluding hydrogens is 154 g/mol. The molecule has 0 saturated heterocycles. The molecule has 0 bridgehead atoms. The fourth-order valence-electron chi connectivity index (χ4n) is 1.09. The molecule has 0 unspecified atom stereocenters. The molecular formula is C8H13N3O. The van der Waals surface area contributed by atoms with E-state index in [1.807, 2.05) is 11.6 Å². The Balaban J connectivity index is 2.88. The van der Waals surface area contributed by atoms with Gasteiger partial charge < -0.3 is 5.21 Å². The minimum Gasteiger partial charge on any atom is -0.411 e. The van der Waals surface area contributed by atoms with Crippen LogP contribution in [0.4, 0.5) is 0 Å². The first-order chi connectivity index (χ1) is 5.79. The SMILES string of the molecule is CCCn1ncc(C=NO)c1C. The summed E-state index contributed by atoms with van der Waals surface area (Å²) in [5.41, 5.74) is 1.90. The predicted molar refractivity (Wildman–Crippen MR) is 46.6 cm³/mol. The maximum atomic E-state index is 8.32. The van der Waals surface area contributed by atoms with Gasteiger partial charge in [-0.2, -0.15) is 5.10 Å². The van der Waals surface area contributed by atoms with Gasteiger partial charge in [0.25, 0.3) is 0 Å². The van der Waals surface area contributed by atoms with Gasteiger partial charge in [0.15, 0.2) is 0 Å². The molecule has 0 aliphatic heterocycles. The van der Waals surface area contributed by atoms with E-state index in [4.69, 9.17) is 5.21 Å². The Morgan fingerprint density at radius 1 is 1.75 bits per heavy atom. The van der Waals surface area contributed by atoms with E-state index in [0.29, 0.717) is 0 Å². The van der Waals surface area contributed by atoms with Gasteiger partial charge in [-0.3, -0.25) is 4.68 Å². The van der Waals surface area contributed by atoms with E-state index < -0.39 is 0 Å². The summed E-state index contributed by atoms with van der Waals surface area (Å²) in [7, 11) is 0. The Bertz CT molecular complexity index is 278. The van der Waals surface area contributed by atoms with Gasteiger partial charge >= 0.3 is 0 Å². The zero-order valence-electron chi connectivity index (χ0n) is 7.36. The molecule has 0 atom stereocenters. The Hall–Kier alpha value is -1.32. The lowest BCUT2D eigenvalue weighted by Crippen LogP contribution is -2.01. The smallest absolute Gasteiger partial charge is 0.0768 e. The van der Waals surface area contributed by atoms with E-state index in [-0.39, 0.29) is 0 Å². The first-order valence-corrected chi connectivity index (χ1v) is 3.99. The quantitative estimate of drug-likeness (QED) is 0.420. The number of hydrogen-bond acceptors (Lipinski definition) is 3. The van der Waals surface area contributed by atoms with Crippen molar-refractivity contribution in [3.05, 3.63) is 17.5 Å². The van der Waals surface area contributed by atoms with Gasteiger partial charge in [-0.1, -0.05) is 12.1 Å². The predicted octanol–water partition coefficient (Wildman–Crippen LogP) is 1.41. The van der Waals surface area contributed by atoms with Crippen molar-refractivity contribution in [3.63, 3.8) is 0 Å². The summed E-state index contributed by atoms with van der Waals surface area (Å²) in [5.74, 6) is 0. The van der Waals surface area contributed by atoms with E-state index >= 15 is 0 Å². The second-order valence-corrected chi connectivity index (χ2v) is 2.65. The van der Waals surface area contributed by atoms with Crippen LogP contribution in [-0.2, 0) is 6.54 Å². The average molecular weight is 167 g/mol. The summed E-state index contributed by atoms with van der Waals surface area (Å²) in [6, 6.07) is 0. The molecule has 1 N–H and O–H groups in total. The second-order valence-electron chi connectivity index (χ2n) is 2.65. The molecule has 1 heterocycles.